The molecule has 4 rings (SSSR count). The molecular formula is C20H16ClFN4O3. The lowest BCUT2D eigenvalue weighted by atomic mass is 10.1. The third-order valence-corrected chi connectivity index (χ3v) is 4.91. The van der Waals surface area contributed by atoms with E-state index in [-0.39, 0.29) is 17.4 Å². The summed E-state index contributed by atoms with van der Waals surface area (Å²) in [5.74, 6) is -0.198. The third kappa shape index (κ3) is 3.66. The number of hydrogen-bond acceptors (Lipinski definition) is 4. The molecule has 0 bridgehead atoms. The molecule has 0 radical (unpaired) electrons. The molecule has 0 saturated heterocycles. The fraction of sp³-hybridized carbons (Fsp3) is 0.150. The Morgan fingerprint density at radius 1 is 1.31 bits per heavy atom. The molecule has 0 saturated carbocycles. The fourth-order valence-electron chi connectivity index (χ4n) is 3.15. The van der Waals surface area contributed by atoms with Crippen LogP contribution in [-0.4, -0.2) is 28.7 Å². The number of nitrogens with one attached hydrogen (secondary N) is 2. The maximum absolute atomic E-state index is 13.3. The summed E-state index contributed by atoms with van der Waals surface area (Å²) in [5, 5.41) is 9.64. The first-order chi connectivity index (χ1) is 14.0. The summed E-state index contributed by atoms with van der Waals surface area (Å²) >= 11 is 5.76. The minimum absolute atomic E-state index is 0.0719. The summed E-state index contributed by atoms with van der Waals surface area (Å²) in [5.41, 5.74) is 1.83. The number of halogens is 2. The molecule has 0 spiro atoms. The number of carbonyl (C=O) groups is 2. The molecule has 148 valence electrons. The van der Waals surface area contributed by atoms with Gasteiger partial charge in [-0.3, -0.25) is 9.59 Å². The lowest BCUT2D eigenvalue weighted by Crippen LogP contribution is -2.35. The predicted molar refractivity (Wildman–Crippen MR) is 107 cm³/mol. The van der Waals surface area contributed by atoms with E-state index in [0.717, 1.165) is 11.6 Å². The summed E-state index contributed by atoms with van der Waals surface area (Å²) in [7, 11) is 1.58. The fourth-order valence-corrected chi connectivity index (χ4v) is 3.33. The molecule has 0 unspecified atom stereocenters. The quantitative estimate of drug-likeness (QED) is 0.678. The Balaban J connectivity index is 1.64. The van der Waals surface area contributed by atoms with Crippen LogP contribution in [0.3, 0.4) is 0 Å². The Bertz CT molecular complexity index is 1100. The van der Waals surface area contributed by atoms with Gasteiger partial charge in [-0.1, -0.05) is 23.7 Å². The number of rotatable bonds is 4. The van der Waals surface area contributed by atoms with Crippen LogP contribution in [0, 0.1) is 5.82 Å². The predicted octanol–water partition coefficient (Wildman–Crippen LogP) is 3.87. The number of amides is 2. The van der Waals surface area contributed by atoms with Gasteiger partial charge in [-0.15, -0.1) is 0 Å². The molecule has 1 aromatic heterocycles. The molecule has 7 nitrogen and oxygen atoms in total. The normalized spacial score (nSPS) is 15.4. The third-order valence-electron chi connectivity index (χ3n) is 4.62. The van der Waals surface area contributed by atoms with Crippen LogP contribution in [-0.2, 0) is 9.59 Å². The second kappa shape index (κ2) is 7.56. The van der Waals surface area contributed by atoms with Crippen molar-refractivity contribution < 1.29 is 18.7 Å². The monoisotopic (exact) mass is 414 g/mol. The molecular weight excluding hydrogens is 399 g/mol. The Labute approximate surface area is 170 Å². The number of nitrogens with zero attached hydrogens (tertiary/aromatic N) is 2. The average molecular weight is 415 g/mol. The number of hydrogen-bond donors (Lipinski definition) is 2. The number of fused-ring (bicyclic) bond motifs is 1. The largest absolute Gasteiger partial charge is 0.497 e. The molecule has 2 heterocycles. The first kappa shape index (κ1) is 18.9. The highest BCUT2D eigenvalue weighted by Gasteiger charge is 2.33. The molecule has 2 amide bonds. The van der Waals surface area contributed by atoms with Crippen LogP contribution in [0.15, 0.2) is 48.7 Å². The lowest BCUT2D eigenvalue weighted by molar-refractivity contribution is -0.125. The van der Waals surface area contributed by atoms with Gasteiger partial charge in [-0.25, -0.2) is 9.07 Å². The highest BCUT2D eigenvalue weighted by atomic mass is 35.5. The van der Waals surface area contributed by atoms with Crippen LogP contribution in [0.2, 0.25) is 5.02 Å². The van der Waals surface area contributed by atoms with Gasteiger partial charge in [0.1, 0.15) is 23.4 Å². The van der Waals surface area contributed by atoms with Gasteiger partial charge in [0.05, 0.1) is 24.8 Å². The van der Waals surface area contributed by atoms with E-state index in [0.29, 0.717) is 22.8 Å². The standard InChI is InChI=1S/C20H16ClFN4O3/c1-29-13-5-2-11(3-6-13)14-10-23-26-17(9-18(27)25-19(14)26)20(28)24-12-4-7-16(22)15(21)8-12/h2-8,10,17H,9H2,1H3,(H,24,28)(H,25,27)/t17-/m0/s1. The van der Waals surface area contributed by atoms with E-state index in [1.165, 1.54) is 16.8 Å². The van der Waals surface area contributed by atoms with E-state index in [2.05, 4.69) is 15.7 Å². The number of aromatic nitrogens is 2. The SMILES string of the molecule is COc1ccc(-c2cnn3c2NC(=O)C[C@H]3C(=O)Nc2ccc(F)c(Cl)c2)cc1. The van der Waals surface area contributed by atoms with Gasteiger partial charge in [-0.05, 0) is 35.9 Å². The van der Waals surface area contributed by atoms with E-state index in [1.54, 1.807) is 25.4 Å². The van der Waals surface area contributed by atoms with Crippen molar-refractivity contribution in [3.05, 3.63) is 59.5 Å². The molecule has 0 fully saturated rings. The van der Waals surface area contributed by atoms with Crippen LogP contribution < -0.4 is 15.4 Å². The van der Waals surface area contributed by atoms with Crippen LogP contribution in [0.4, 0.5) is 15.9 Å². The topological polar surface area (TPSA) is 85.2 Å². The molecule has 1 atom stereocenters. The highest BCUT2D eigenvalue weighted by Crippen LogP contribution is 2.35. The van der Waals surface area contributed by atoms with E-state index in [9.17, 15) is 14.0 Å². The molecule has 9 heteroatoms. The zero-order valence-electron chi connectivity index (χ0n) is 15.3. The maximum Gasteiger partial charge on any atom is 0.249 e. The number of carbonyl (C=O) groups excluding carboxylic acids is 2. The van der Waals surface area contributed by atoms with Crippen molar-refractivity contribution in [2.24, 2.45) is 0 Å². The lowest BCUT2D eigenvalue weighted by Gasteiger charge is -2.24. The van der Waals surface area contributed by atoms with Crippen molar-refractivity contribution in [3.63, 3.8) is 0 Å². The van der Waals surface area contributed by atoms with Crippen molar-refractivity contribution in [3.8, 4) is 16.9 Å². The molecule has 2 N–H and O–H groups in total. The van der Waals surface area contributed by atoms with Crippen molar-refractivity contribution in [1.82, 2.24) is 9.78 Å². The zero-order valence-corrected chi connectivity index (χ0v) is 16.0. The van der Waals surface area contributed by atoms with Crippen molar-refractivity contribution in [2.45, 2.75) is 12.5 Å². The van der Waals surface area contributed by atoms with E-state index in [1.807, 2.05) is 12.1 Å². The van der Waals surface area contributed by atoms with E-state index >= 15 is 0 Å². The minimum Gasteiger partial charge on any atom is -0.497 e. The van der Waals surface area contributed by atoms with E-state index in [4.69, 9.17) is 16.3 Å². The van der Waals surface area contributed by atoms with Crippen molar-refractivity contribution >= 4 is 34.9 Å². The second-order valence-electron chi connectivity index (χ2n) is 6.47. The van der Waals surface area contributed by atoms with Crippen molar-refractivity contribution in [2.75, 3.05) is 17.7 Å². The molecule has 2 aromatic carbocycles. The van der Waals surface area contributed by atoms with Gasteiger partial charge >= 0.3 is 0 Å². The van der Waals surface area contributed by atoms with Gasteiger partial charge in [0.2, 0.25) is 11.8 Å². The van der Waals surface area contributed by atoms with Crippen LogP contribution >= 0.6 is 11.6 Å². The molecule has 1 aliphatic heterocycles. The van der Waals surface area contributed by atoms with Crippen LogP contribution in [0.1, 0.15) is 12.5 Å². The zero-order chi connectivity index (χ0) is 20.5. The van der Waals surface area contributed by atoms with Gasteiger partial charge in [0.25, 0.3) is 0 Å². The molecule has 3 aromatic rings. The Morgan fingerprint density at radius 2 is 2.07 bits per heavy atom. The summed E-state index contributed by atoms with van der Waals surface area (Å²) in [6.07, 6.45) is 1.52. The average Bonchev–Trinajstić information content (AvgIpc) is 3.13. The van der Waals surface area contributed by atoms with Crippen molar-refractivity contribution in [1.29, 1.82) is 0 Å². The van der Waals surface area contributed by atoms with Gasteiger partial charge in [0.15, 0.2) is 0 Å². The second-order valence-corrected chi connectivity index (χ2v) is 6.87. The summed E-state index contributed by atoms with van der Waals surface area (Å²) < 4.78 is 20.0. The number of ether oxygens (including phenoxy) is 1. The van der Waals surface area contributed by atoms with Gasteiger partial charge in [-0.2, -0.15) is 5.10 Å². The first-order valence-electron chi connectivity index (χ1n) is 8.74. The Kier molecular flexibility index (Phi) is 4.94. The maximum atomic E-state index is 13.3. The molecule has 1 aliphatic rings. The minimum atomic E-state index is -0.852. The highest BCUT2D eigenvalue weighted by molar-refractivity contribution is 6.31. The summed E-state index contributed by atoms with van der Waals surface area (Å²) in [4.78, 5) is 25.0. The smallest absolute Gasteiger partial charge is 0.249 e. The Hall–Kier alpha value is -3.39. The van der Waals surface area contributed by atoms with Crippen LogP contribution in [0.5, 0.6) is 5.75 Å². The summed E-state index contributed by atoms with van der Waals surface area (Å²) in [6, 6.07) is 10.3. The molecule has 0 aliphatic carbocycles. The first-order valence-corrected chi connectivity index (χ1v) is 9.12. The molecule has 29 heavy (non-hydrogen) atoms. The Morgan fingerprint density at radius 3 is 2.76 bits per heavy atom. The van der Waals surface area contributed by atoms with Gasteiger partial charge < -0.3 is 15.4 Å². The van der Waals surface area contributed by atoms with Gasteiger partial charge in [0, 0.05) is 11.3 Å². The van der Waals surface area contributed by atoms with E-state index < -0.39 is 17.8 Å². The van der Waals surface area contributed by atoms with Crippen LogP contribution in [0.25, 0.3) is 11.1 Å². The number of anilines is 2. The number of benzene rings is 2. The summed E-state index contributed by atoms with van der Waals surface area (Å²) in [6.45, 7) is 0. The number of methoxy groups -OCH3 is 1.